The minimum atomic E-state index is -0.660. The van der Waals surface area contributed by atoms with Gasteiger partial charge in [-0.1, -0.05) is 19.3 Å². The van der Waals surface area contributed by atoms with E-state index in [1.54, 1.807) is 0 Å². The van der Waals surface area contributed by atoms with E-state index in [-0.39, 0.29) is 6.04 Å². The Bertz CT molecular complexity index is 198. The maximum atomic E-state index is 10.6. The molecule has 0 aromatic heterocycles. The Morgan fingerprint density at radius 2 is 2.31 bits per heavy atom. The van der Waals surface area contributed by atoms with E-state index in [9.17, 15) is 4.79 Å². The van der Waals surface area contributed by atoms with Crippen molar-refractivity contribution in [1.29, 1.82) is 0 Å². The summed E-state index contributed by atoms with van der Waals surface area (Å²) >= 11 is 0. The summed E-state index contributed by atoms with van der Waals surface area (Å²) in [6, 6.07) is -0.678. The van der Waals surface area contributed by atoms with Crippen molar-refractivity contribution in [2.75, 3.05) is 6.54 Å². The number of carbonyl (C=O) groups is 1. The van der Waals surface area contributed by atoms with Crippen molar-refractivity contribution < 1.29 is 4.79 Å². The molecule has 0 rings (SSSR count). The summed E-state index contributed by atoms with van der Waals surface area (Å²) in [5, 5.41) is 2.99. The van der Waals surface area contributed by atoms with E-state index in [1.807, 2.05) is 6.92 Å². The first kappa shape index (κ1) is 11.9. The highest BCUT2D eigenvalue weighted by atomic mass is 16.1. The van der Waals surface area contributed by atoms with E-state index >= 15 is 0 Å². The van der Waals surface area contributed by atoms with Gasteiger partial charge in [-0.2, -0.15) is 0 Å². The number of amides is 1. The molecule has 0 aliphatic rings. The van der Waals surface area contributed by atoms with Crippen molar-refractivity contribution in [2.45, 2.75) is 31.8 Å². The molecule has 5 N–H and O–H groups in total. The van der Waals surface area contributed by atoms with E-state index < -0.39 is 11.9 Å². The summed E-state index contributed by atoms with van der Waals surface area (Å²) in [5.74, 6) is 2.06. The Hall–Kier alpha value is -1.05. The third-order valence-electron chi connectivity index (χ3n) is 1.73. The number of carbonyl (C=O) groups excluding carboxylic acids is 1. The van der Waals surface area contributed by atoms with E-state index in [0.29, 0.717) is 6.54 Å². The zero-order valence-corrected chi connectivity index (χ0v) is 7.92. The first-order chi connectivity index (χ1) is 6.11. The van der Waals surface area contributed by atoms with Gasteiger partial charge in [-0.15, -0.1) is 6.42 Å². The molecule has 74 valence electrons. The van der Waals surface area contributed by atoms with Crippen LogP contribution in [0.3, 0.4) is 0 Å². The smallest absolute Gasteiger partial charge is 0.235 e. The van der Waals surface area contributed by atoms with Crippen molar-refractivity contribution >= 4 is 5.91 Å². The lowest BCUT2D eigenvalue weighted by atomic mass is 10.1. The molecule has 0 saturated carbocycles. The van der Waals surface area contributed by atoms with Crippen molar-refractivity contribution in [3.05, 3.63) is 0 Å². The number of nitrogens with two attached hydrogens (primary N) is 2. The highest BCUT2D eigenvalue weighted by Crippen LogP contribution is 1.94. The van der Waals surface area contributed by atoms with Crippen molar-refractivity contribution in [1.82, 2.24) is 5.32 Å². The molecular weight excluding hydrogens is 166 g/mol. The van der Waals surface area contributed by atoms with Crippen LogP contribution in [0.5, 0.6) is 0 Å². The lowest BCUT2D eigenvalue weighted by molar-refractivity contribution is -0.119. The second kappa shape index (κ2) is 6.46. The molecule has 0 aromatic carbocycles. The van der Waals surface area contributed by atoms with Crippen LogP contribution >= 0.6 is 0 Å². The lowest BCUT2D eigenvalue weighted by Gasteiger charge is -2.14. The van der Waals surface area contributed by atoms with Crippen LogP contribution in [0, 0.1) is 12.3 Å². The van der Waals surface area contributed by atoms with Crippen LogP contribution < -0.4 is 16.8 Å². The molecule has 0 fully saturated rings. The van der Waals surface area contributed by atoms with E-state index in [1.165, 1.54) is 0 Å². The molecule has 13 heavy (non-hydrogen) atoms. The minimum absolute atomic E-state index is 0.0181. The molecular formula is C9H17N3O. The Morgan fingerprint density at radius 1 is 1.69 bits per heavy atom. The van der Waals surface area contributed by atoms with Gasteiger partial charge in [0, 0.05) is 6.54 Å². The summed E-state index contributed by atoms with van der Waals surface area (Å²) in [6.45, 7) is 2.38. The molecule has 0 radical (unpaired) electrons. The molecule has 2 atom stereocenters. The second-order valence-electron chi connectivity index (χ2n) is 2.93. The van der Waals surface area contributed by atoms with Gasteiger partial charge in [0.05, 0.1) is 12.1 Å². The zero-order valence-electron chi connectivity index (χ0n) is 7.92. The quantitative estimate of drug-likeness (QED) is 0.471. The highest BCUT2D eigenvalue weighted by Gasteiger charge is 2.10. The standard InChI is InChI=1S/C9H17N3O/c1-3-5-7(4-2)12-6-8(10)9(11)13/h2,7-8,12H,3,5-6,10H2,1H3,(H2,11,13). The minimum Gasteiger partial charge on any atom is -0.368 e. The van der Waals surface area contributed by atoms with Crippen LogP contribution in [-0.4, -0.2) is 24.5 Å². The van der Waals surface area contributed by atoms with Crippen molar-refractivity contribution in [3.63, 3.8) is 0 Å². The molecule has 0 aliphatic carbocycles. The van der Waals surface area contributed by atoms with E-state index in [2.05, 4.69) is 11.2 Å². The van der Waals surface area contributed by atoms with Crippen LogP contribution in [0.1, 0.15) is 19.8 Å². The molecule has 0 spiro atoms. The van der Waals surface area contributed by atoms with Crippen molar-refractivity contribution in [3.8, 4) is 12.3 Å². The van der Waals surface area contributed by atoms with Gasteiger partial charge >= 0.3 is 0 Å². The fourth-order valence-corrected chi connectivity index (χ4v) is 0.903. The molecule has 1 amide bonds. The molecule has 0 heterocycles. The molecule has 0 bridgehead atoms. The normalized spacial score (nSPS) is 14.5. The summed E-state index contributed by atoms with van der Waals surface area (Å²) in [7, 11) is 0. The first-order valence-corrected chi connectivity index (χ1v) is 4.36. The predicted molar refractivity (Wildman–Crippen MR) is 52.7 cm³/mol. The van der Waals surface area contributed by atoms with Gasteiger partial charge in [-0.05, 0) is 6.42 Å². The molecule has 2 unspecified atom stereocenters. The fraction of sp³-hybridized carbons (Fsp3) is 0.667. The van der Waals surface area contributed by atoms with Crippen LogP contribution in [0.25, 0.3) is 0 Å². The fourth-order valence-electron chi connectivity index (χ4n) is 0.903. The number of primary amides is 1. The third-order valence-corrected chi connectivity index (χ3v) is 1.73. The molecule has 4 nitrogen and oxygen atoms in total. The van der Waals surface area contributed by atoms with Crippen LogP contribution in [0.15, 0.2) is 0 Å². The van der Waals surface area contributed by atoms with Crippen LogP contribution in [-0.2, 0) is 4.79 Å². The van der Waals surface area contributed by atoms with Gasteiger partial charge in [0.25, 0.3) is 0 Å². The topological polar surface area (TPSA) is 81.1 Å². The third kappa shape index (κ3) is 5.23. The van der Waals surface area contributed by atoms with Gasteiger partial charge in [-0.3, -0.25) is 4.79 Å². The lowest BCUT2D eigenvalue weighted by Crippen LogP contribution is -2.46. The maximum absolute atomic E-state index is 10.6. The maximum Gasteiger partial charge on any atom is 0.235 e. The monoisotopic (exact) mass is 183 g/mol. The Balaban J connectivity index is 3.73. The van der Waals surface area contributed by atoms with Gasteiger partial charge in [-0.25, -0.2) is 0 Å². The average Bonchev–Trinajstić information content (AvgIpc) is 2.11. The van der Waals surface area contributed by atoms with E-state index in [0.717, 1.165) is 12.8 Å². The largest absolute Gasteiger partial charge is 0.368 e. The summed E-state index contributed by atoms with van der Waals surface area (Å²) in [4.78, 5) is 10.6. The van der Waals surface area contributed by atoms with Crippen molar-refractivity contribution in [2.24, 2.45) is 11.5 Å². The summed E-state index contributed by atoms with van der Waals surface area (Å²) < 4.78 is 0. The summed E-state index contributed by atoms with van der Waals surface area (Å²) in [5.41, 5.74) is 10.4. The molecule has 0 aromatic rings. The Labute approximate surface area is 79.0 Å². The van der Waals surface area contributed by atoms with Gasteiger partial charge in [0.1, 0.15) is 0 Å². The SMILES string of the molecule is C#CC(CCC)NCC(N)C(N)=O. The molecule has 0 saturated heterocycles. The molecule has 4 heteroatoms. The first-order valence-electron chi connectivity index (χ1n) is 4.36. The second-order valence-corrected chi connectivity index (χ2v) is 2.93. The number of nitrogens with one attached hydrogen (secondary N) is 1. The Morgan fingerprint density at radius 3 is 2.69 bits per heavy atom. The average molecular weight is 183 g/mol. The Kier molecular flexibility index (Phi) is 5.94. The highest BCUT2D eigenvalue weighted by molar-refractivity contribution is 5.79. The van der Waals surface area contributed by atoms with Gasteiger partial charge < -0.3 is 16.8 Å². The number of hydrogen-bond donors (Lipinski definition) is 3. The zero-order chi connectivity index (χ0) is 10.3. The number of terminal acetylenes is 1. The van der Waals surface area contributed by atoms with Crippen LogP contribution in [0.2, 0.25) is 0 Å². The van der Waals surface area contributed by atoms with E-state index in [4.69, 9.17) is 17.9 Å². The van der Waals surface area contributed by atoms with Crippen LogP contribution in [0.4, 0.5) is 0 Å². The number of hydrogen-bond acceptors (Lipinski definition) is 3. The van der Waals surface area contributed by atoms with Gasteiger partial charge in [0.15, 0.2) is 0 Å². The molecule has 0 aliphatic heterocycles. The summed E-state index contributed by atoms with van der Waals surface area (Å²) in [6.07, 6.45) is 7.12. The number of rotatable bonds is 6. The van der Waals surface area contributed by atoms with Gasteiger partial charge in [0.2, 0.25) is 5.91 Å². The predicted octanol–water partition coefficient (Wildman–Crippen LogP) is -0.809.